The van der Waals surface area contributed by atoms with Gasteiger partial charge in [-0.1, -0.05) is 0 Å². The number of carbonyl (C=O) groups is 1. The third kappa shape index (κ3) is 2.65. The molecule has 1 atom stereocenters. The van der Waals surface area contributed by atoms with Crippen LogP contribution in [0, 0.1) is 13.8 Å². The molecule has 2 heterocycles. The van der Waals surface area contributed by atoms with Gasteiger partial charge in [0.15, 0.2) is 0 Å². The first-order chi connectivity index (χ1) is 10.1. The summed E-state index contributed by atoms with van der Waals surface area (Å²) >= 11 is 1.78. The molecule has 3 rings (SSSR count). The highest BCUT2D eigenvalue weighted by molar-refractivity contribution is 7.10. The highest BCUT2D eigenvalue weighted by Gasteiger charge is 2.24. The minimum absolute atomic E-state index is 0.159. The molecule has 1 aliphatic carbocycles. The highest BCUT2D eigenvalue weighted by atomic mass is 32.1. The standard InChI is InChI=1S/C16H18N2O2S/c1-9-8-10(2)17-15(14(9)16(19)20)18-12-4-3-5-13-11(12)6-7-21-13/h6-8,12H,3-5H2,1-2H3,(H,17,18)(H,19,20). The van der Waals surface area contributed by atoms with E-state index in [2.05, 4.69) is 21.7 Å². The van der Waals surface area contributed by atoms with Gasteiger partial charge in [0, 0.05) is 10.6 Å². The number of nitrogens with one attached hydrogen (secondary N) is 1. The van der Waals surface area contributed by atoms with E-state index >= 15 is 0 Å². The molecule has 21 heavy (non-hydrogen) atoms. The predicted molar refractivity (Wildman–Crippen MR) is 84.3 cm³/mol. The third-order valence-electron chi connectivity index (χ3n) is 3.92. The molecule has 1 aliphatic rings. The third-order valence-corrected chi connectivity index (χ3v) is 4.92. The summed E-state index contributed by atoms with van der Waals surface area (Å²) in [5, 5.41) is 14.9. The molecule has 0 aliphatic heterocycles. The number of aromatic nitrogens is 1. The van der Waals surface area contributed by atoms with Crippen LogP contribution in [0.2, 0.25) is 0 Å². The van der Waals surface area contributed by atoms with Crippen molar-refractivity contribution in [3.8, 4) is 0 Å². The van der Waals surface area contributed by atoms with E-state index in [4.69, 9.17) is 0 Å². The first-order valence-corrected chi connectivity index (χ1v) is 7.98. The number of hydrogen-bond acceptors (Lipinski definition) is 4. The Morgan fingerprint density at radius 1 is 1.48 bits per heavy atom. The molecule has 2 aromatic rings. The number of carboxylic acids is 1. The second kappa shape index (κ2) is 5.48. The fourth-order valence-electron chi connectivity index (χ4n) is 3.01. The molecular formula is C16H18N2O2S. The van der Waals surface area contributed by atoms with Gasteiger partial charge in [0.05, 0.1) is 6.04 Å². The second-order valence-electron chi connectivity index (χ2n) is 5.50. The van der Waals surface area contributed by atoms with Crippen molar-refractivity contribution >= 4 is 23.1 Å². The van der Waals surface area contributed by atoms with Crippen LogP contribution >= 0.6 is 11.3 Å². The van der Waals surface area contributed by atoms with Crippen molar-refractivity contribution in [2.24, 2.45) is 0 Å². The Labute approximate surface area is 127 Å². The molecule has 5 heteroatoms. The Hall–Kier alpha value is -1.88. The molecule has 0 spiro atoms. The molecule has 1 unspecified atom stereocenters. The number of pyridine rings is 1. The van der Waals surface area contributed by atoms with Crippen molar-refractivity contribution in [1.82, 2.24) is 4.98 Å². The van der Waals surface area contributed by atoms with Crippen molar-refractivity contribution in [2.75, 3.05) is 5.32 Å². The zero-order chi connectivity index (χ0) is 15.0. The van der Waals surface area contributed by atoms with Crippen LogP contribution in [-0.2, 0) is 6.42 Å². The van der Waals surface area contributed by atoms with Crippen LogP contribution in [0.3, 0.4) is 0 Å². The van der Waals surface area contributed by atoms with Crippen molar-refractivity contribution in [3.63, 3.8) is 0 Å². The van der Waals surface area contributed by atoms with Crippen LogP contribution in [0.4, 0.5) is 5.82 Å². The Kier molecular flexibility index (Phi) is 3.68. The Balaban J connectivity index is 1.98. The number of nitrogens with zero attached hydrogens (tertiary/aromatic N) is 1. The number of fused-ring (bicyclic) bond motifs is 1. The average molecular weight is 302 g/mol. The minimum Gasteiger partial charge on any atom is -0.478 e. The van der Waals surface area contributed by atoms with Gasteiger partial charge in [-0.2, -0.15) is 0 Å². The molecule has 2 aromatic heterocycles. The van der Waals surface area contributed by atoms with Gasteiger partial charge in [0.1, 0.15) is 11.4 Å². The van der Waals surface area contributed by atoms with E-state index in [-0.39, 0.29) is 11.6 Å². The van der Waals surface area contributed by atoms with E-state index in [0.717, 1.165) is 30.5 Å². The summed E-state index contributed by atoms with van der Waals surface area (Å²) in [5.74, 6) is -0.437. The van der Waals surface area contributed by atoms with Crippen LogP contribution in [0.15, 0.2) is 17.5 Å². The number of anilines is 1. The smallest absolute Gasteiger partial charge is 0.339 e. The Morgan fingerprint density at radius 2 is 2.29 bits per heavy atom. The van der Waals surface area contributed by atoms with E-state index in [1.165, 1.54) is 10.4 Å². The second-order valence-corrected chi connectivity index (χ2v) is 6.50. The minimum atomic E-state index is -0.927. The van der Waals surface area contributed by atoms with Crippen LogP contribution in [0.1, 0.15) is 50.9 Å². The predicted octanol–water partition coefficient (Wildman–Crippen LogP) is 3.95. The summed E-state index contributed by atoms with van der Waals surface area (Å²) in [6.07, 6.45) is 3.26. The van der Waals surface area contributed by atoms with Gasteiger partial charge in [0.2, 0.25) is 0 Å². The molecule has 2 N–H and O–H groups in total. The first-order valence-electron chi connectivity index (χ1n) is 7.10. The lowest BCUT2D eigenvalue weighted by Crippen LogP contribution is -2.19. The van der Waals surface area contributed by atoms with E-state index in [1.54, 1.807) is 11.3 Å². The van der Waals surface area contributed by atoms with Crippen LogP contribution < -0.4 is 5.32 Å². The molecule has 110 valence electrons. The lowest BCUT2D eigenvalue weighted by Gasteiger charge is -2.25. The fourth-order valence-corrected chi connectivity index (χ4v) is 4.00. The van der Waals surface area contributed by atoms with E-state index in [0.29, 0.717) is 5.82 Å². The summed E-state index contributed by atoms with van der Waals surface area (Å²) in [6.45, 7) is 3.71. The fraction of sp³-hybridized carbons (Fsp3) is 0.375. The summed E-state index contributed by atoms with van der Waals surface area (Å²) in [6, 6.07) is 4.11. The Morgan fingerprint density at radius 3 is 3.05 bits per heavy atom. The lowest BCUT2D eigenvalue weighted by atomic mass is 9.94. The van der Waals surface area contributed by atoms with Crippen molar-refractivity contribution < 1.29 is 9.90 Å². The topological polar surface area (TPSA) is 62.2 Å². The molecule has 0 fully saturated rings. The first kappa shape index (κ1) is 14.1. The zero-order valence-corrected chi connectivity index (χ0v) is 13.0. The van der Waals surface area contributed by atoms with Crippen LogP contribution in [-0.4, -0.2) is 16.1 Å². The van der Waals surface area contributed by atoms with E-state index < -0.39 is 5.97 Å². The lowest BCUT2D eigenvalue weighted by molar-refractivity contribution is 0.0696. The van der Waals surface area contributed by atoms with Gasteiger partial charge in [-0.25, -0.2) is 9.78 Å². The molecule has 0 bridgehead atoms. The average Bonchev–Trinajstić information content (AvgIpc) is 2.86. The van der Waals surface area contributed by atoms with Crippen molar-refractivity contribution in [1.29, 1.82) is 0 Å². The number of carboxylic acid groups (broad SMARTS) is 1. The monoisotopic (exact) mass is 302 g/mol. The number of aryl methyl sites for hydroxylation is 3. The van der Waals surface area contributed by atoms with Gasteiger partial charge in [-0.3, -0.25) is 0 Å². The number of aromatic carboxylic acids is 1. The Bertz CT molecular complexity index is 694. The summed E-state index contributed by atoms with van der Waals surface area (Å²) in [7, 11) is 0. The molecule has 0 aromatic carbocycles. The number of hydrogen-bond donors (Lipinski definition) is 2. The number of thiophene rings is 1. The SMILES string of the molecule is Cc1cc(C)c(C(=O)O)c(NC2CCCc3sccc32)n1. The molecule has 0 radical (unpaired) electrons. The normalized spacial score (nSPS) is 17.3. The molecule has 0 saturated heterocycles. The maximum atomic E-state index is 11.5. The number of rotatable bonds is 3. The highest BCUT2D eigenvalue weighted by Crippen LogP contribution is 2.36. The maximum Gasteiger partial charge on any atom is 0.339 e. The van der Waals surface area contributed by atoms with Gasteiger partial charge in [-0.15, -0.1) is 11.3 Å². The van der Waals surface area contributed by atoms with Gasteiger partial charge in [-0.05, 0) is 61.7 Å². The zero-order valence-electron chi connectivity index (χ0n) is 12.1. The van der Waals surface area contributed by atoms with Gasteiger partial charge < -0.3 is 10.4 Å². The molecule has 0 amide bonds. The maximum absolute atomic E-state index is 11.5. The molecular weight excluding hydrogens is 284 g/mol. The summed E-state index contributed by atoms with van der Waals surface area (Å²) in [5.41, 5.74) is 3.16. The van der Waals surface area contributed by atoms with Crippen LogP contribution in [0.25, 0.3) is 0 Å². The largest absolute Gasteiger partial charge is 0.478 e. The van der Waals surface area contributed by atoms with Crippen molar-refractivity contribution in [2.45, 2.75) is 39.2 Å². The van der Waals surface area contributed by atoms with Gasteiger partial charge >= 0.3 is 5.97 Å². The van der Waals surface area contributed by atoms with Crippen molar-refractivity contribution in [3.05, 3.63) is 44.8 Å². The van der Waals surface area contributed by atoms with E-state index in [9.17, 15) is 9.90 Å². The van der Waals surface area contributed by atoms with Crippen LogP contribution in [0.5, 0.6) is 0 Å². The quantitative estimate of drug-likeness (QED) is 0.901. The summed E-state index contributed by atoms with van der Waals surface area (Å²) in [4.78, 5) is 17.3. The molecule has 0 saturated carbocycles. The molecule has 4 nitrogen and oxygen atoms in total. The van der Waals surface area contributed by atoms with E-state index in [1.807, 2.05) is 19.9 Å². The summed E-state index contributed by atoms with van der Waals surface area (Å²) < 4.78 is 0. The van der Waals surface area contributed by atoms with Gasteiger partial charge in [0.25, 0.3) is 0 Å².